The minimum Gasteiger partial charge on any atom is -0.355 e. The number of amides is 2. The third-order valence-electron chi connectivity index (χ3n) is 4.34. The highest BCUT2D eigenvalue weighted by Crippen LogP contribution is 2.20. The van der Waals surface area contributed by atoms with Crippen LogP contribution in [0.3, 0.4) is 0 Å². The summed E-state index contributed by atoms with van der Waals surface area (Å²) in [6.45, 7) is 1.63. The normalized spacial score (nSPS) is 16.7. The smallest absolute Gasteiger partial charge is 0.225 e. The molecule has 1 aromatic carbocycles. The number of carbonyl (C=O) groups is 2. The molecule has 2 amide bonds. The zero-order valence-electron chi connectivity index (χ0n) is 14.6. The summed E-state index contributed by atoms with van der Waals surface area (Å²) in [6.07, 6.45) is 3.76. The van der Waals surface area contributed by atoms with E-state index in [9.17, 15) is 9.59 Å². The van der Waals surface area contributed by atoms with Crippen LogP contribution in [0.1, 0.15) is 17.5 Å². The maximum Gasteiger partial charge on any atom is 0.225 e. The molecule has 136 valence electrons. The number of likely N-dealkylation sites (tertiary alicyclic amines) is 1. The molecule has 1 aromatic heterocycles. The van der Waals surface area contributed by atoms with Gasteiger partial charge in [0, 0.05) is 50.0 Å². The summed E-state index contributed by atoms with van der Waals surface area (Å²) in [5.74, 6) is 1.57. The molecule has 0 bridgehead atoms. The van der Waals surface area contributed by atoms with E-state index in [1.165, 1.54) is 5.56 Å². The van der Waals surface area contributed by atoms with Gasteiger partial charge in [0.1, 0.15) is 0 Å². The number of benzene rings is 1. The van der Waals surface area contributed by atoms with E-state index in [4.69, 9.17) is 0 Å². The Balaban J connectivity index is 1.36. The van der Waals surface area contributed by atoms with Crippen LogP contribution in [0, 0.1) is 5.92 Å². The highest BCUT2D eigenvalue weighted by atomic mass is 32.2. The van der Waals surface area contributed by atoms with Gasteiger partial charge in [-0.2, -0.15) is 11.8 Å². The number of thioether (sulfide) groups is 1. The summed E-state index contributed by atoms with van der Waals surface area (Å²) >= 11 is 1.79. The second-order valence-electron chi connectivity index (χ2n) is 6.37. The lowest BCUT2D eigenvalue weighted by molar-refractivity contribution is -0.129. The predicted molar refractivity (Wildman–Crippen MR) is 103 cm³/mol. The monoisotopic (exact) mass is 369 g/mol. The largest absolute Gasteiger partial charge is 0.355 e. The number of pyridine rings is 1. The number of nitrogens with one attached hydrogen (secondary N) is 1. The van der Waals surface area contributed by atoms with Crippen LogP contribution >= 0.6 is 11.8 Å². The van der Waals surface area contributed by atoms with E-state index in [1.54, 1.807) is 29.1 Å². The van der Waals surface area contributed by atoms with Gasteiger partial charge in [-0.3, -0.25) is 14.6 Å². The lowest BCUT2D eigenvalue weighted by Gasteiger charge is -2.16. The van der Waals surface area contributed by atoms with Gasteiger partial charge in [-0.25, -0.2) is 0 Å². The lowest BCUT2D eigenvalue weighted by Crippen LogP contribution is -2.34. The van der Waals surface area contributed by atoms with Crippen molar-refractivity contribution < 1.29 is 9.59 Å². The zero-order valence-corrected chi connectivity index (χ0v) is 15.5. The molecule has 6 heteroatoms. The molecule has 5 nitrogen and oxygen atoms in total. The van der Waals surface area contributed by atoms with Crippen LogP contribution in [0.5, 0.6) is 0 Å². The lowest BCUT2D eigenvalue weighted by atomic mass is 10.1. The molecular weight excluding hydrogens is 346 g/mol. The van der Waals surface area contributed by atoms with E-state index in [2.05, 4.69) is 22.4 Å². The topological polar surface area (TPSA) is 62.3 Å². The summed E-state index contributed by atoms with van der Waals surface area (Å²) in [5, 5.41) is 2.96. The standard InChI is InChI=1S/C20H23N3O2S/c24-19-11-18(14-23(19)13-17-7-4-8-21-12-17)20(25)22-9-10-26-15-16-5-2-1-3-6-16/h1-8,12,18H,9-11,13-15H2,(H,22,25)/t18-/m0/s1. The molecular formula is C20H23N3O2S. The van der Waals surface area contributed by atoms with Crippen molar-refractivity contribution in [3.63, 3.8) is 0 Å². The molecule has 2 aromatic rings. The Kier molecular flexibility index (Phi) is 6.66. The number of aromatic nitrogens is 1. The van der Waals surface area contributed by atoms with E-state index >= 15 is 0 Å². The Labute approximate surface area is 158 Å². The molecule has 1 aliphatic heterocycles. The molecule has 26 heavy (non-hydrogen) atoms. The Morgan fingerprint density at radius 3 is 2.77 bits per heavy atom. The number of rotatable bonds is 8. The van der Waals surface area contributed by atoms with Crippen LogP contribution < -0.4 is 5.32 Å². The Morgan fingerprint density at radius 1 is 1.19 bits per heavy atom. The molecule has 1 fully saturated rings. The van der Waals surface area contributed by atoms with Crippen LogP contribution in [0.15, 0.2) is 54.9 Å². The molecule has 0 aliphatic carbocycles. The molecule has 3 rings (SSSR count). The van der Waals surface area contributed by atoms with Gasteiger partial charge in [0.05, 0.1) is 5.92 Å². The fourth-order valence-electron chi connectivity index (χ4n) is 2.97. The molecule has 0 saturated carbocycles. The minimum atomic E-state index is -0.252. The van der Waals surface area contributed by atoms with Crippen molar-refractivity contribution >= 4 is 23.6 Å². The van der Waals surface area contributed by atoms with Crippen molar-refractivity contribution in [2.24, 2.45) is 5.92 Å². The van der Waals surface area contributed by atoms with Crippen LogP contribution in [0.2, 0.25) is 0 Å². The van der Waals surface area contributed by atoms with Crippen molar-refractivity contribution in [3.05, 3.63) is 66.0 Å². The first kappa shape index (κ1) is 18.5. The predicted octanol–water partition coefficient (Wildman–Crippen LogP) is 2.48. The highest BCUT2D eigenvalue weighted by molar-refractivity contribution is 7.98. The second-order valence-corrected chi connectivity index (χ2v) is 7.47. The summed E-state index contributed by atoms with van der Waals surface area (Å²) in [7, 11) is 0. The summed E-state index contributed by atoms with van der Waals surface area (Å²) < 4.78 is 0. The first-order valence-electron chi connectivity index (χ1n) is 8.78. The number of carbonyl (C=O) groups excluding carboxylic acids is 2. The van der Waals surface area contributed by atoms with Crippen LogP contribution in [-0.4, -0.2) is 40.5 Å². The average Bonchev–Trinajstić information content (AvgIpc) is 3.03. The maximum absolute atomic E-state index is 12.3. The second kappa shape index (κ2) is 9.38. The van der Waals surface area contributed by atoms with Gasteiger partial charge in [-0.15, -0.1) is 0 Å². The Morgan fingerprint density at radius 2 is 2.00 bits per heavy atom. The molecule has 1 saturated heterocycles. The zero-order chi connectivity index (χ0) is 18.2. The first-order chi connectivity index (χ1) is 12.7. The van der Waals surface area contributed by atoms with Gasteiger partial charge >= 0.3 is 0 Å². The van der Waals surface area contributed by atoms with Gasteiger partial charge in [-0.1, -0.05) is 36.4 Å². The number of hydrogen-bond donors (Lipinski definition) is 1. The Bertz CT molecular complexity index is 724. The number of hydrogen-bond acceptors (Lipinski definition) is 4. The summed E-state index contributed by atoms with van der Waals surface area (Å²) in [5.41, 5.74) is 2.27. The quantitative estimate of drug-likeness (QED) is 0.726. The van der Waals surface area contributed by atoms with Gasteiger partial charge < -0.3 is 10.2 Å². The van der Waals surface area contributed by atoms with E-state index in [-0.39, 0.29) is 17.7 Å². The maximum atomic E-state index is 12.3. The van der Waals surface area contributed by atoms with Crippen LogP contribution in [0.25, 0.3) is 0 Å². The first-order valence-corrected chi connectivity index (χ1v) is 9.94. The molecule has 0 spiro atoms. The van der Waals surface area contributed by atoms with E-state index < -0.39 is 0 Å². The van der Waals surface area contributed by atoms with Crippen molar-refractivity contribution in [3.8, 4) is 0 Å². The molecule has 1 aliphatic rings. The molecule has 1 N–H and O–H groups in total. The summed E-state index contributed by atoms with van der Waals surface area (Å²) in [4.78, 5) is 30.3. The van der Waals surface area contributed by atoms with E-state index in [1.807, 2.05) is 30.3 Å². The Hall–Kier alpha value is -2.34. The third-order valence-corrected chi connectivity index (χ3v) is 5.37. The van der Waals surface area contributed by atoms with Crippen molar-refractivity contribution in [2.45, 2.75) is 18.7 Å². The fraction of sp³-hybridized carbons (Fsp3) is 0.350. The average molecular weight is 369 g/mol. The molecule has 2 heterocycles. The van der Waals surface area contributed by atoms with Gasteiger partial charge in [-0.05, 0) is 17.2 Å². The molecule has 1 atom stereocenters. The minimum absolute atomic E-state index is 0.0210. The van der Waals surface area contributed by atoms with E-state index in [0.29, 0.717) is 26.1 Å². The third kappa shape index (κ3) is 5.33. The number of nitrogens with zero attached hydrogens (tertiary/aromatic N) is 2. The van der Waals surface area contributed by atoms with Crippen LogP contribution in [-0.2, 0) is 21.9 Å². The van der Waals surface area contributed by atoms with Crippen molar-refractivity contribution in [2.75, 3.05) is 18.8 Å². The van der Waals surface area contributed by atoms with E-state index in [0.717, 1.165) is 17.1 Å². The van der Waals surface area contributed by atoms with Crippen molar-refractivity contribution in [1.29, 1.82) is 0 Å². The van der Waals surface area contributed by atoms with Gasteiger partial charge in [0.25, 0.3) is 0 Å². The van der Waals surface area contributed by atoms with Gasteiger partial charge in [0.2, 0.25) is 11.8 Å². The van der Waals surface area contributed by atoms with Crippen molar-refractivity contribution in [1.82, 2.24) is 15.2 Å². The summed E-state index contributed by atoms with van der Waals surface area (Å²) in [6, 6.07) is 14.1. The molecule has 0 unspecified atom stereocenters. The van der Waals surface area contributed by atoms with Crippen LogP contribution in [0.4, 0.5) is 0 Å². The highest BCUT2D eigenvalue weighted by Gasteiger charge is 2.33. The fourth-order valence-corrected chi connectivity index (χ4v) is 3.79. The SMILES string of the molecule is O=C(NCCSCc1ccccc1)[C@H]1CC(=O)N(Cc2cccnc2)C1. The molecule has 0 radical (unpaired) electrons. The van der Waals surface area contributed by atoms with Gasteiger partial charge in [0.15, 0.2) is 0 Å².